The van der Waals surface area contributed by atoms with Gasteiger partial charge in [0, 0.05) is 24.3 Å². The second-order valence-electron chi connectivity index (χ2n) is 4.84. The summed E-state index contributed by atoms with van der Waals surface area (Å²) in [5.41, 5.74) is 2.14. The molecule has 1 aromatic carbocycles. The molecular weight excluding hydrogens is 258 g/mol. The van der Waals surface area contributed by atoms with Crippen molar-refractivity contribution < 1.29 is 0 Å². The lowest BCUT2D eigenvalue weighted by molar-refractivity contribution is 0.670. The van der Waals surface area contributed by atoms with E-state index in [1.165, 1.54) is 5.56 Å². The summed E-state index contributed by atoms with van der Waals surface area (Å²) in [7, 11) is 0. The Morgan fingerprint density at radius 1 is 1.16 bits per heavy atom. The summed E-state index contributed by atoms with van der Waals surface area (Å²) >= 11 is 5.95. The maximum atomic E-state index is 5.95. The normalized spacial score (nSPS) is 10.8. The number of aryl methyl sites for hydroxylation is 1. The van der Waals surface area contributed by atoms with Gasteiger partial charge in [-0.2, -0.15) is 0 Å². The van der Waals surface area contributed by atoms with Crippen molar-refractivity contribution in [1.82, 2.24) is 9.97 Å². The Hall–Kier alpha value is -1.61. The van der Waals surface area contributed by atoms with Gasteiger partial charge in [-0.05, 0) is 37.9 Å². The topological polar surface area (TPSA) is 29.0 Å². The van der Waals surface area contributed by atoms with E-state index in [-0.39, 0.29) is 0 Å². The standard InChI is InChI=1S/C15H18ClN3/c1-11(2)19(10-13-7-5-4-6-8-13)14-9-12(3)17-15(16)18-14/h4-9,11H,10H2,1-3H3. The van der Waals surface area contributed by atoms with Crippen molar-refractivity contribution in [1.29, 1.82) is 0 Å². The average molecular weight is 276 g/mol. The molecule has 0 aliphatic carbocycles. The van der Waals surface area contributed by atoms with E-state index in [9.17, 15) is 0 Å². The van der Waals surface area contributed by atoms with Crippen LogP contribution in [0.3, 0.4) is 0 Å². The second-order valence-corrected chi connectivity index (χ2v) is 5.18. The van der Waals surface area contributed by atoms with Crippen LogP contribution in [0.1, 0.15) is 25.1 Å². The lowest BCUT2D eigenvalue weighted by Crippen LogP contribution is -2.31. The fourth-order valence-electron chi connectivity index (χ4n) is 1.97. The monoisotopic (exact) mass is 275 g/mol. The molecule has 4 heteroatoms. The molecule has 1 heterocycles. The van der Waals surface area contributed by atoms with E-state index < -0.39 is 0 Å². The summed E-state index contributed by atoms with van der Waals surface area (Å²) in [5.74, 6) is 0.872. The van der Waals surface area contributed by atoms with Gasteiger partial charge in [0.2, 0.25) is 5.28 Å². The van der Waals surface area contributed by atoms with E-state index in [1.54, 1.807) is 0 Å². The molecule has 3 nitrogen and oxygen atoms in total. The van der Waals surface area contributed by atoms with Crippen LogP contribution in [0.4, 0.5) is 5.82 Å². The van der Waals surface area contributed by atoms with Gasteiger partial charge in [0.15, 0.2) is 0 Å². The van der Waals surface area contributed by atoms with Crippen LogP contribution in [0, 0.1) is 6.92 Å². The zero-order valence-electron chi connectivity index (χ0n) is 11.5. The van der Waals surface area contributed by atoms with Crippen molar-refractivity contribution in [3.8, 4) is 0 Å². The van der Waals surface area contributed by atoms with E-state index in [1.807, 2.05) is 31.2 Å². The zero-order valence-corrected chi connectivity index (χ0v) is 12.2. The Balaban J connectivity index is 2.30. The third-order valence-electron chi connectivity index (χ3n) is 2.93. The van der Waals surface area contributed by atoms with Crippen LogP contribution in [0.25, 0.3) is 0 Å². The lowest BCUT2D eigenvalue weighted by Gasteiger charge is -2.28. The first-order valence-electron chi connectivity index (χ1n) is 6.38. The van der Waals surface area contributed by atoms with E-state index in [0.29, 0.717) is 11.3 Å². The summed E-state index contributed by atoms with van der Waals surface area (Å²) in [6.45, 7) is 7.03. The maximum absolute atomic E-state index is 5.95. The molecule has 100 valence electrons. The highest BCUT2D eigenvalue weighted by atomic mass is 35.5. The van der Waals surface area contributed by atoms with Crippen LogP contribution in [-0.4, -0.2) is 16.0 Å². The van der Waals surface area contributed by atoms with Gasteiger partial charge < -0.3 is 4.90 Å². The fourth-order valence-corrected chi connectivity index (χ4v) is 2.19. The van der Waals surface area contributed by atoms with Gasteiger partial charge in [-0.25, -0.2) is 9.97 Å². The third-order valence-corrected chi connectivity index (χ3v) is 3.10. The molecule has 19 heavy (non-hydrogen) atoms. The zero-order chi connectivity index (χ0) is 13.8. The highest BCUT2D eigenvalue weighted by molar-refractivity contribution is 6.28. The molecule has 0 fully saturated rings. The number of benzene rings is 1. The van der Waals surface area contributed by atoms with Gasteiger partial charge >= 0.3 is 0 Å². The predicted molar refractivity (Wildman–Crippen MR) is 79.5 cm³/mol. The van der Waals surface area contributed by atoms with Gasteiger partial charge in [-0.1, -0.05) is 30.3 Å². The van der Waals surface area contributed by atoms with Crippen molar-refractivity contribution in [2.45, 2.75) is 33.4 Å². The highest BCUT2D eigenvalue weighted by Crippen LogP contribution is 2.20. The van der Waals surface area contributed by atoms with Crippen molar-refractivity contribution >= 4 is 17.4 Å². The predicted octanol–water partition coefficient (Wildman–Crippen LogP) is 3.85. The van der Waals surface area contributed by atoms with Crippen LogP contribution in [0.15, 0.2) is 36.4 Å². The number of hydrogen-bond donors (Lipinski definition) is 0. The summed E-state index contributed by atoms with van der Waals surface area (Å²) in [6, 6.07) is 12.7. The van der Waals surface area contributed by atoms with E-state index in [0.717, 1.165) is 18.1 Å². The number of aromatic nitrogens is 2. The molecule has 0 aliphatic rings. The SMILES string of the molecule is Cc1cc(N(Cc2ccccc2)C(C)C)nc(Cl)n1. The molecule has 0 N–H and O–H groups in total. The van der Waals surface area contributed by atoms with E-state index in [2.05, 4.69) is 40.8 Å². The number of nitrogens with zero attached hydrogens (tertiary/aromatic N) is 3. The van der Waals surface area contributed by atoms with Crippen molar-refractivity contribution in [2.24, 2.45) is 0 Å². The maximum Gasteiger partial charge on any atom is 0.224 e. The molecule has 1 aromatic heterocycles. The molecule has 0 atom stereocenters. The summed E-state index contributed by atoms with van der Waals surface area (Å²) in [4.78, 5) is 10.7. The fraction of sp³-hybridized carbons (Fsp3) is 0.333. The molecule has 0 spiro atoms. The Morgan fingerprint density at radius 2 is 1.84 bits per heavy atom. The molecule has 0 bridgehead atoms. The van der Waals surface area contributed by atoms with Crippen LogP contribution in [0.2, 0.25) is 5.28 Å². The first kappa shape index (κ1) is 13.8. The van der Waals surface area contributed by atoms with Crippen molar-refractivity contribution in [3.05, 3.63) is 52.9 Å². The minimum Gasteiger partial charge on any atom is -0.350 e. The first-order chi connectivity index (χ1) is 9.06. The number of hydrogen-bond acceptors (Lipinski definition) is 3. The van der Waals surface area contributed by atoms with Gasteiger partial charge in [0.25, 0.3) is 0 Å². The number of rotatable bonds is 4. The molecule has 0 saturated heterocycles. The van der Waals surface area contributed by atoms with Crippen LogP contribution < -0.4 is 4.90 Å². The Bertz CT molecular complexity index is 520. The Kier molecular flexibility index (Phi) is 4.38. The summed E-state index contributed by atoms with van der Waals surface area (Å²) < 4.78 is 0. The highest BCUT2D eigenvalue weighted by Gasteiger charge is 2.14. The third kappa shape index (κ3) is 3.67. The van der Waals surface area contributed by atoms with Gasteiger partial charge in [0.05, 0.1) is 0 Å². The number of halogens is 1. The van der Waals surface area contributed by atoms with Gasteiger partial charge in [-0.3, -0.25) is 0 Å². The molecule has 0 unspecified atom stereocenters. The smallest absolute Gasteiger partial charge is 0.224 e. The Morgan fingerprint density at radius 3 is 2.42 bits per heavy atom. The quantitative estimate of drug-likeness (QED) is 0.794. The molecule has 2 aromatic rings. The Labute approximate surface area is 119 Å². The van der Waals surface area contributed by atoms with E-state index >= 15 is 0 Å². The lowest BCUT2D eigenvalue weighted by atomic mass is 10.2. The molecule has 0 aliphatic heterocycles. The first-order valence-corrected chi connectivity index (χ1v) is 6.76. The minimum atomic E-state index is 0.300. The van der Waals surface area contributed by atoms with Gasteiger partial charge in [-0.15, -0.1) is 0 Å². The van der Waals surface area contributed by atoms with Crippen LogP contribution in [0.5, 0.6) is 0 Å². The molecule has 0 radical (unpaired) electrons. The minimum absolute atomic E-state index is 0.300. The van der Waals surface area contributed by atoms with Crippen molar-refractivity contribution in [3.63, 3.8) is 0 Å². The summed E-state index contributed by atoms with van der Waals surface area (Å²) in [6.07, 6.45) is 0. The second kappa shape index (κ2) is 6.02. The molecule has 2 rings (SSSR count). The van der Waals surface area contributed by atoms with Gasteiger partial charge in [0.1, 0.15) is 5.82 Å². The molecular formula is C15H18ClN3. The van der Waals surface area contributed by atoms with Crippen LogP contribution in [-0.2, 0) is 6.54 Å². The van der Waals surface area contributed by atoms with E-state index in [4.69, 9.17) is 11.6 Å². The number of anilines is 1. The van der Waals surface area contributed by atoms with Crippen molar-refractivity contribution in [2.75, 3.05) is 4.90 Å². The average Bonchev–Trinajstić information content (AvgIpc) is 2.35. The molecule has 0 amide bonds. The largest absolute Gasteiger partial charge is 0.350 e. The van der Waals surface area contributed by atoms with Crippen LogP contribution >= 0.6 is 11.6 Å². The summed E-state index contributed by atoms with van der Waals surface area (Å²) in [5, 5.41) is 0.300. The molecule has 0 saturated carbocycles.